The lowest BCUT2D eigenvalue weighted by atomic mass is 10.2. The summed E-state index contributed by atoms with van der Waals surface area (Å²) in [6, 6.07) is 8.90. The average Bonchev–Trinajstić information content (AvgIpc) is 2.52. The van der Waals surface area contributed by atoms with Crippen molar-refractivity contribution in [2.24, 2.45) is 5.10 Å². The minimum atomic E-state index is -1.07. The number of hydrogen-bond donors (Lipinski definition) is 2. The zero-order chi connectivity index (χ0) is 16.8. The Hall–Kier alpha value is -2.80. The van der Waals surface area contributed by atoms with Crippen LogP contribution in [0.4, 0.5) is 14.5 Å². The summed E-state index contributed by atoms with van der Waals surface area (Å²) >= 11 is 5.77. The third kappa shape index (κ3) is 4.58. The molecule has 0 atom stereocenters. The molecule has 2 N–H and O–H groups in total. The van der Waals surface area contributed by atoms with Crippen molar-refractivity contribution in [3.8, 4) is 0 Å². The first kappa shape index (κ1) is 16.6. The van der Waals surface area contributed by atoms with Crippen molar-refractivity contribution in [3.63, 3.8) is 0 Å². The summed E-state index contributed by atoms with van der Waals surface area (Å²) < 4.78 is 26.2. The van der Waals surface area contributed by atoms with Gasteiger partial charge in [0, 0.05) is 11.3 Å². The number of carbonyl (C=O) groups excluding carboxylic acids is 2. The third-order valence-electron chi connectivity index (χ3n) is 2.67. The highest BCUT2D eigenvalue weighted by molar-refractivity contribution is 6.39. The summed E-state index contributed by atoms with van der Waals surface area (Å²) in [6.45, 7) is 0. The zero-order valence-corrected chi connectivity index (χ0v) is 12.3. The van der Waals surface area contributed by atoms with Crippen LogP contribution in [0.5, 0.6) is 0 Å². The Morgan fingerprint density at radius 3 is 2.39 bits per heavy atom. The van der Waals surface area contributed by atoms with Crippen molar-refractivity contribution in [2.45, 2.75) is 0 Å². The number of carbonyl (C=O) groups is 2. The van der Waals surface area contributed by atoms with Crippen molar-refractivity contribution in [3.05, 3.63) is 64.7 Å². The van der Waals surface area contributed by atoms with Crippen LogP contribution in [-0.4, -0.2) is 18.0 Å². The number of anilines is 1. The van der Waals surface area contributed by atoms with Gasteiger partial charge < -0.3 is 5.32 Å². The number of halogens is 3. The molecule has 2 rings (SSSR count). The van der Waals surface area contributed by atoms with E-state index in [0.717, 1.165) is 18.3 Å². The quantitative estimate of drug-likeness (QED) is 0.513. The summed E-state index contributed by atoms with van der Waals surface area (Å²) in [5, 5.41) is 5.83. The van der Waals surface area contributed by atoms with Crippen LogP contribution in [0.25, 0.3) is 0 Å². The van der Waals surface area contributed by atoms with Crippen LogP contribution in [0.15, 0.2) is 47.6 Å². The monoisotopic (exact) mass is 337 g/mol. The molecule has 2 aromatic rings. The van der Waals surface area contributed by atoms with E-state index >= 15 is 0 Å². The van der Waals surface area contributed by atoms with E-state index < -0.39 is 23.4 Å². The Balaban J connectivity index is 1.95. The highest BCUT2D eigenvalue weighted by Crippen LogP contribution is 2.16. The second-order valence-corrected chi connectivity index (χ2v) is 4.70. The van der Waals surface area contributed by atoms with E-state index in [0.29, 0.717) is 0 Å². The molecule has 0 heterocycles. The molecular formula is C15H10ClF2N3O2. The fourth-order valence-corrected chi connectivity index (χ4v) is 1.77. The molecule has 2 amide bonds. The molecule has 8 heteroatoms. The first-order valence-electron chi connectivity index (χ1n) is 6.31. The molecule has 0 saturated heterocycles. The number of nitrogens with one attached hydrogen (secondary N) is 2. The smallest absolute Gasteiger partial charge is 0.318 e. The zero-order valence-electron chi connectivity index (χ0n) is 11.5. The molecule has 0 radical (unpaired) electrons. The van der Waals surface area contributed by atoms with Crippen molar-refractivity contribution in [1.82, 2.24) is 5.43 Å². The fourth-order valence-electron chi connectivity index (χ4n) is 1.56. The molecular weight excluding hydrogens is 328 g/mol. The molecule has 0 saturated carbocycles. The number of hydrazone groups is 1. The molecule has 0 aliphatic rings. The van der Waals surface area contributed by atoms with E-state index in [-0.39, 0.29) is 16.3 Å². The van der Waals surface area contributed by atoms with Gasteiger partial charge in [-0.05, 0) is 36.4 Å². The number of amides is 2. The maximum Gasteiger partial charge on any atom is 0.329 e. The van der Waals surface area contributed by atoms with Gasteiger partial charge in [0.05, 0.1) is 11.2 Å². The van der Waals surface area contributed by atoms with E-state index in [9.17, 15) is 18.4 Å². The Labute approximate surface area is 135 Å². The number of nitrogens with zero attached hydrogens (tertiary/aromatic N) is 1. The lowest BCUT2D eigenvalue weighted by Gasteiger charge is -2.03. The lowest BCUT2D eigenvalue weighted by molar-refractivity contribution is -0.136. The summed E-state index contributed by atoms with van der Waals surface area (Å²) in [5.41, 5.74) is 2.16. The Morgan fingerprint density at radius 1 is 1.04 bits per heavy atom. The largest absolute Gasteiger partial charge is 0.329 e. The van der Waals surface area contributed by atoms with Gasteiger partial charge in [-0.1, -0.05) is 17.7 Å². The molecule has 23 heavy (non-hydrogen) atoms. The molecule has 0 spiro atoms. The molecule has 0 bridgehead atoms. The maximum absolute atomic E-state index is 13.5. The SMILES string of the molecule is O=C(N/N=C/c1c(F)cccc1Cl)C(=O)Nc1ccc(F)cc1. The van der Waals surface area contributed by atoms with Crippen LogP contribution in [0, 0.1) is 11.6 Å². The van der Waals surface area contributed by atoms with Crippen LogP contribution in [0.3, 0.4) is 0 Å². The second kappa shape index (κ2) is 7.46. The van der Waals surface area contributed by atoms with Gasteiger partial charge in [-0.3, -0.25) is 9.59 Å². The van der Waals surface area contributed by atoms with Gasteiger partial charge in [0.1, 0.15) is 11.6 Å². The van der Waals surface area contributed by atoms with E-state index in [1.54, 1.807) is 0 Å². The minimum absolute atomic E-state index is 0.0200. The van der Waals surface area contributed by atoms with Crippen molar-refractivity contribution >= 4 is 35.3 Å². The van der Waals surface area contributed by atoms with Crippen LogP contribution in [0.2, 0.25) is 5.02 Å². The van der Waals surface area contributed by atoms with E-state index in [1.807, 2.05) is 5.43 Å². The number of benzene rings is 2. The Kier molecular flexibility index (Phi) is 5.37. The molecule has 0 aliphatic carbocycles. The van der Waals surface area contributed by atoms with Crippen molar-refractivity contribution in [1.29, 1.82) is 0 Å². The molecule has 118 valence electrons. The van der Waals surface area contributed by atoms with Gasteiger partial charge in [0.2, 0.25) is 0 Å². The van der Waals surface area contributed by atoms with E-state index in [4.69, 9.17) is 11.6 Å². The van der Waals surface area contributed by atoms with Crippen LogP contribution >= 0.6 is 11.6 Å². The highest BCUT2D eigenvalue weighted by Gasteiger charge is 2.13. The fraction of sp³-hybridized carbons (Fsp3) is 0. The Bertz CT molecular complexity index is 744. The minimum Gasteiger partial charge on any atom is -0.318 e. The lowest BCUT2D eigenvalue weighted by Crippen LogP contribution is -2.32. The first-order valence-corrected chi connectivity index (χ1v) is 6.69. The molecule has 2 aromatic carbocycles. The van der Waals surface area contributed by atoms with Gasteiger partial charge >= 0.3 is 11.8 Å². The second-order valence-electron chi connectivity index (χ2n) is 4.30. The standard InChI is InChI=1S/C15H10ClF2N3O2/c16-12-2-1-3-13(18)11(12)8-19-21-15(23)14(22)20-10-6-4-9(17)5-7-10/h1-8H,(H,20,22)(H,21,23)/b19-8+. The molecule has 5 nitrogen and oxygen atoms in total. The molecule has 0 fully saturated rings. The van der Waals surface area contributed by atoms with Gasteiger partial charge in [0.25, 0.3) is 0 Å². The first-order chi connectivity index (χ1) is 11.0. The normalized spacial score (nSPS) is 10.6. The molecule has 0 aliphatic heterocycles. The predicted molar refractivity (Wildman–Crippen MR) is 82.2 cm³/mol. The van der Waals surface area contributed by atoms with Gasteiger partial charge in [0.15, 0.2) is 0 Å². The van der Waals surface area contributed by atoms with Crippen LogP contribution in [-0.2, 0) is 9.59 Å². The topological polar surface area (TPSA) is 70.6 Å². The summed E-state index contributed by atoms with van der Waals surface area (Å²) in [6.07, 6.45) is 0.987. The highest BCUT2D eigenvalue weighted by atomic mass is 35.5. The Morgan fingerprint density at radius 2 is 1.74 bits per heavy atom. The summed E-state index contributed by atoms with van der Waals surface area (Å²) in [5.74, 6) is -3.17. The van der Waals surface area contributed by atoms with Gasteiger partial charge in [-0.2, -0.15) is 5.10 Å². The van der Waals surface area contributed by atoms with E-state index in [2.05, 4.69) is 10.4 Å². The number of hydrogen-bond acceptors (Lipinski definition) is 3. The van der Waals surface area contributed by atoms with Crippen LogP contribution < -0.4 is 10.7 Å². The third-order valence-corrected chi connectivity index (χ3v) is 3.00. The molecule has 0 unspecified atom stereocenters. The van der Waals surface area contributed by atoms with Gasteiger partial charge in [-0.25, -0.2) is 14.2 Å². The summed E-state index contributed by atoms with van der Waals surface area (Å²) in [4.78, 5) is 23.1. The van der Waals surface area contributed by atoms with Crippen molar-refractivity contribution < 1.29 is 18.4 Å². The predicted octanol–water partition coefficient (Wildman–Crippen LogP) is 2.71. The van der Waals surface area contributed by atoms with Crippen molar-refractivity contribution in [2.75, 3.05) is 5.32 Å². The molecule has 0 aromatic heterocycles. The van der Waals surface area contributed by atoms with E-state index in [1.165, 1.54) is 30.3 Å². The van der Waals surface area contributed by atoms with Crippen LogP contribution in [0.1, 0.15) is 5.56 Å². The number of rotatable bonds is 3. The summed E-state index contributed by atoms with van der Waals surface area (Å²) in [7, 11) is 0. The van der Waals surface area contributed by atoms with Gasteiger partial charge in [-0.15, -0.1) is 0 Å². The average molecular weight is 338 g/mol. The maximum atomic E-state index is 13.5.